The molecule has 1 aliphatic rings. The van der Waals surface area contributed by atoms with Gasteiger partial charge in [-0.05, 0) is 42.9 Å². The van der Waals surface area contributed by atoms with Gasteiger partial charge in [-0.25, -0.2) is 4.79 Å². The summed E-state index contributed by atoms with van der Waals surface area (Å²) in [7, 11) is -2.35. The number of aromatic amines is 1. The Balaban J connectivity index is 1.88. The van der Waals surface area contributed by atoms with Gasteiger partial charge in [0.25, 0.3) is 0 Å². The number of carbonyl (C=O) groups is 1. The second-order valence-electron chi connectivity index (χ2n) is 5.85. The molecule has 4 N–H and O–H groups in total. The summed E-state index contributed by atoms with van der Waals surface area (Å²) in [5.74, 6) is 0.409. The van der Waals surface area contributed by atoms with Gasteiger partial charge in [-0.1, -0.05) is 15.9 Å². The number of carboxylic acids is 1. The summed E-state index contributed by atoms with van der Waals surface area (Å²) in [5, 5.41) is 10.2. The average molecular weight is 388 g/mol. The number of benzene rings is 1. The first-order valence-corrected chi connectivity index (χ1v) is 9.80. The summed E-state index contributed by atoms with van der Waals surface area (Å²) in [6.45, 7) is 0. The molecule has 7 heteroatoms. The lowest BCUT2D eigenvalue weighted by molar-refractivity contribution is 0.0698. The Bertz CT molecular complexity index is 718. The van der Waals surface area contributed by atoms with E-state index < -0.39 is 16.6 Å². The largest absolute Gasteiger partial charge is 0.478 e. The molecule has 0 aliphatic carbocycles. The van der Waals surface area contributed by atoms with Crippen molar-refractivity contribution in [3.05, 3.63) is 33.9 Å². The highest BCUT2D eigenvalue weighted by Gasteiger charge is 2.25. The van der Waals surface area contributed by atoms with E-state index in [9.17, 15) is 19.0 Å². The zero-order valence-electron chi connectivity index (χ0n) is 11.9. The van der Waals surface area contributed by atoms with Gasteiger partial charge in [0.1, 0.15) is 0 Å². The van der Waals surface area contributed by atoms with E-state index in [0.717, 1.165) is 34.7 Å². The third kappa shape index (κ3) is 3.17. The van der Waals surface area contributed by atoms with Crippen molar-refractivity contribution in [2.24, 2.45) is 5.92 Å². The molecule has 2 aromatic rings. The van der Waals surface area contributed by atoms with Crippen molar-refractivity contribution >= 4 is 43.4 Å². The van der Waals surface area contributed by atoms with Crippen LogP contribution in [0.5, 0.6) is 0 Å². The topological polar surface area (TPSA) is 93.6 Å². The van der Waals surface area contributed by atoms with Crippen LogP contribution in [0.25, 0.3) is 10.9 Å². The van der Waals surface area contributed by atoms with Crippen molar-refractivity contribution in [2.45, 2.75) is 19.3 Å². The molecule has 1 aromatic carbocycles. The molecule has 0 unspecified atom stereocenters. The van der Waals surface area contributed by atoms with Crippen LogP contribution in [0.15, 0.2) is 22.8 Å². The van der Waals surface area contributed by atoms with Crippen molar-refractivity contribution in [1.82, 2.24) is 4.98 Å². The van der Waals surface area contributed by atoms with Gasteiger partial charge < -0.3 is 10.1 Å². The van der Waals surface area contributed by atoms with Crippen molar-refractivity contribution in [1.29, 1.82) is 0 Å². The lowest BCUT2D eigenvalue weighted by atomic mass is 9.93. The molecule has 0 radical (unpaired) electrons. The van der Waals surface area contributed by atoms with E-state index in [1.165, 1.54) is 0 Å². The number of carboxylic acid groups (broad SMARTS) is 1. The van der Waals surface area contributed by atoms with Gasteiger partial charge >= 0.3 is 5.97 Å². The van der Waals surface area contributed by atoms with E-state index in [4.69, 9.17) is 0 Å². The molecule has 5 nitrogen and oxygen atoms in total. The number of halogens is 1. The van der Waals surface area contributed by atoms with E-state index in [1.54, 1.807) is 6.07 Å². The lowest BCUT2D eigenvalue weighted by Gasteiger charge is -2.39. The Morgan fingerprint density at radius 1 is 1.32 bits per heavy atom. The first-order valence-electron chi connectivity index (χ1n) is 7.12. The molecule has 1 aromatic heterocycles. The zero-order valence-corrected chi connectivity index (χ0v) is 14.3. The molecule has 0 saturated carbocycles. The minimum absolute atomic E-state index is 0.258. The molecule has 0 bridgehead atoms. The highest BCUT2D eigenvalue weighted by Crippen LogP contribution is 2.46. The summed E-state index contributed by atoms with van der Waals surface area (Å²) in [5.41, 5.74) is 1.99. The standard InChI is InChI=1S/C15H18BrNO4S/c16-11-6-12-10(5-9-1-3-22(20,21)4-2-9)8-17-14(12)13(7-11)15(18)19/h6-9,17,20-21H,1-5H2,(H,18,19). The zero-order chi connectivity index (χ0) is 15.9. The Hall–Kier alpha value is -1.02. The second kappa shape index (κ2) is 5.88. The van der Waals surface area contributed by atoms with E-state index in [0.29, 0.717) is 22.9 Å². The summed E-state index contributed by atoms with van der Waals surface area (Å²) >= 11 is 3.37. The Morgan fingerprint density at radius 2 is 2.00 bits per heavy atom. The van der Waals surface area contributed by atoms with Crippen LogP contribution in [0.2, 0.25) is 0 Å². The number of fused-ring (bicyclic) bond motifs is 1. The Morgan fingerprint density at radius 3 is 2.64 bits per heavy atom. The number of hydrogen-bond acceptors (Lipinski definition) is 3. The minimum Gasteiger partial charge on any atom is -0.478 e. The van der Waals surface area contributed by atoms with Gasteiger partial charge in [0.05, 0.1) is 11.1 Å². The predicted molar refractivity (Wildman–Crippen MR) is 92.0 cm³/mol. The molecule has 1 aliphatic heterocycles. The molecule has 3 rings (SSSR count). The highest BCUT2D eigenvalue weighted by molar-refractivity contribution is 9.10. The number of hydrogen-bond donors (Lipinski definition) is 4. The fourth-order valence-corrected chi connectivity index (χ4v) is 5.15. The van der Waals surface area contributed by atoms with Gasteiger partial charge in [0.2, 0.25) is 0 Å². The molecule has 0 amide bonds. The number of rotatable bonds is 3. The normalized spacial score (nSPS) is 20.1. The SMILES string of the molecule is O=C(O)c1cc(Br)cc2c(CC3CCS(O)(O)CC3)c[nH]c12. The van der Waals surface area contributed by atoms with Crippen molar-refractivity contribution in [3.63, 3.8) is 0 Å². The van der Waals surface area contributed by atoms with Crippen LogP contribution < -0.4 is 0 Å². The maximum Gasteiger partial charge on any atom is 0.337 e. The summed E-state index contributed by atoms with van der Waals surface area (Å²) in [6, 6.07) is 3.53. The predicted octanol–water partition coefficient (Wildman–Crippen LogP) is 4.33. The van der Waals surface area contributed by atoms with Crippen LogP contribution in [-0.4, -0.2) is 36.7 Å². The first kappa shape index (κ1) is 15.9. The number of aromatic nitrogens is 1. The van der Waals surface area contributed by atoms with Crippen LogP contribution in [0.3, 0.4) is 0 Å². The van der Waals surface area contributed by atoms with E-state index in [2.05, 4.69) is 20.9 Å². The molecule has 0 spiro atoms. The summed E-state index contributed by atoms with van der Waals surface area (Å²) in [4.78, 5) is 14.4. The molecule has 1 saturated heterocycles. The van der Waals surface area contributed by atoms with Crippen LogP contribution >= 0.6 is 26.5 Å². The third-order valence-electron chi connectivity index (χ3n) is 4.28. The van der Waals surface area contributed by atoms with Gasteiger partial charge in [0, 0.05) is 27.6 Å². The molecule has 120 valence electrons. The fourth-order valence-electron chi connectivity index (χ4n) is 3.06. The molecular formula is C15H18BrNO4S. The highest BCUT2D eigenvalue weighted by atomic mass is 79.9. The van der Waals surface area contributed by atoms with Crippen molar-refractivity contribution in [2.75, 3.05) is 11.5 Å². The number of H-pyrrole nitrogens is 1. The maximum absolute atomic E-state index is 11.3. The van der Waals surface area contributed by atoms with Crippen molar-refractivity contribution in [3.8, 4) is 0 Å². The van der Waals surface area contributed by atoms with Crippen LogP contribution in [0.4, 0.5) is 0 Å². The first-order chi connectivity index (χ1) is 10.4. The van der Waals surface area contributed by atoms with Gasteiger partial charge in [0.15, 0.2) is 0 Å². The Kier molecular flexibility index (Phi) is 4.24. The van der Waals surface area contributed by atoms with Crippen LogP contribution in [-0.2, 0) is 6.42 Å². The number of nitrogens with one attached hydrogen (secondary N) is 1. The van der Waals surface area contributed by atoms with Gasteiger partial charge in [-0.2, -0.15) is 10.6 Å². The van der Waals surface area contributed by atoms with E-state index in [-0.39, 0.29) is 5.56 Å². The smallest absolute Gasteiger partial charge is 0.337 e. The van der Waals surface area contributed by atoms with Gasteiger partial charge in [-0.15, -0.1) is 0 Å². The van der Waals surface area contributed by atoms with E-state index in [1.807, 2.05) is 12.3 Å². The summed E-state index contributed by atoms with van der Waals surface area (Å²) in [6.07, 6.45) is 4.30. The fraction of sp³-hybridized carbons (Fsp3) is 0.400. The quantitative estimate of drug-likeness (QED) is 0.630. The third-order valence-corrected chi connectivity index (χ3v) is 6.52. The number of aromatic carboxylic acids is 1. The second-order valence-corrected chi connectivity index (χ2v) is 9.19. The van der Waals surface area contributed by atoms with Crippen LogP contribution in [0.1, 0.15) is 28.8 Å². The molecule has 0 atom stereocenters. The average Bonchev–Trinajstić information content (AvgIpc) is 2.83. The van der Waals surface area contributed by atoms with Crippen molar-refractivity contribution < 1.29 is 19.0 Å². The van der Waals surface area contributed by atoms with Crippen LogP contribution in [0, 0.1) is 5.92 Å². The molecule has 2 heterocycles. The monoisotopic (exact) mass is 387 g/mol. The maximum atomic E-state index is 11.3. The molecule has 1 fully saturated rings. The molecular weight excluding hydrogens is 370 g/mol. The Labute approximate surface area is 138 Å². The lowest BCUT2D eigenvalue weighted by Crippen LogP contribution is -2.21. The van der Waals surface area contributed by atoms with E-state index >= 15 is 0 Å². The molecule has 22 heavy (non-hydrogen) atoms. The minimum atomic E-state index is -2.35. The summed E-state index contributed by atoms with van der Waals surface area (Å²) < 4.78 is 20.1. The van der Waals surface area contributed by atoms with Gasteiger partial charge in [-0.3, -0.25) is 9.11 Å².